The Labute approximate surface area is 130 Å². The highest BCUT2D eigenvalue weighted by molar-refractivity contribution is 9.10. The van der Waals surface area contributed by atoms with Gasteiger partial charge in [0.15, 0.2) is 0 Å². The minimum atomic E-state index is -3.87. The summed E-state index contributed by atoms with van der Waals surface area (Å²) in [4.78, 5) is -0.313. The molecule has 1 aliphatic heterocycles. The van der Waals surface area contributed by atoms with E-state index >= 15 is 0 Å². The summed E-state index contributed by atoms with van der Waals surface area (Å²) in [5, 5.41) is 0. The van der Waals surface area contributed by atoms with E-state index in [1.807, 2.05) is 0 Å². The SMILES string of the molecule is Nc1ccc2c(c1)CN(S(=O)(=O)c1ccc(Br)cc1F)C2. The van der Waals surface area contributed by atoms with Gasteiger partial charge in [0, 0.05) is 23.2 Å². The minimum Gasteiger partial charge on any atom is -0.399 e. The van der Waals surface area contributed by atoms with E-state index in [9.17, 15) is 12.8 Å². The smallest absolute Gasteiger partial charge is 0.246 e. The van der Waals surface area contributed by atoms with Gasteiger partial charge in [0.2, 0.25) is 10.0 Å². The van der Waals surface area contributed by atoms with Crippen LogP contribution in [0.15, 0.2) is 45.8 Å². The molecule has 2 aromatic rings. The molecule has 0 unspecified atom stereocenters. The van der Waals surface area contributed by atoms with Crippen molar-refractivity contribution in [2.75, 3.05) is 5.73 Å². The van der Waals surface area contributed by atoms with Gasteiger partial charge in [0.05, 0.1) is 0 Å². The quantitative estimate of drug-likeness (QED) is 0.826. The first-order valence-electron chi connectivity index (χ1n) is 6.20. The first-order valence-corrected chi connectivity index (χ1v) is 8.44. The molecular formula is C14H12BrFN2O2S. The van der Waals surface area contributed by atoms with Crippen molar-refractivity contribution >= 4 is 31.6 Å². The zero-order chi connectivity index (χ0) is 15.2. The van der Waals surface area contributed by atoms with Crippen LogP contribution in [-0.4, -0.2) is 12.7 Å². The molecule has 0 radical (unpaired) electrons. The standard InChI is InChI=1S/C14H12BrFN2O2S/c15-11-2-4-14(13(16)6-11)21(19,20)18-7-9-1-3-12(17)5-10(9)8-18/h1-6H,7-8,17H2. The molecule has 2 aromatic carbocycles. The molecule has 1 aliphatic rings. The third-order valence-corrected chi connectivity index (χ3v) is 5.75. The average molecular weight is 371 g/mol. The van der Waals surface area contributed by atoms with Gasteiger partial charge in [-0.25, -0.2) is 12.8 Å². The molecule has 0 aliphatic carbocycles. The number of halogens is 2. The molecule has 7 heteroatoms. The Bertz CT molecular complexity index is 824. The Balaban J connectivity index is 1.98. The monoisotopic (exact) mass is 370 g/mol. The largest absolute Gasteiger partial charge is 0.399 e. The summed E-state index contributed by atoms with van der Waals surface area (Å²) >= 11 is 3.12. The molecule has 0 saturated carbocycles. The van der Waals surface area contributed by atoms with Crippen molar-refractivity contribution in [2.45, 2.75) is 18.0 Å². The maximum atomic E-state index is 13.9. The van der Waals surface area contributed by atoms with Crippen LogP contribution in [0.1, 0.15) is 11.1 Å². The summed E-state index contributed by atoms with van der Waals surface area (Å²) < 4.78 is 40.8. The number of nitrogens with two attached hydrogens (primary N) is 1. The normalized spacial score (nSPS) is 15.1. The van der Waals surface area contributed by atoms with Crippen molar-refractivity contribution in [3.05, 3.63) is 57.8 Å². The van der Waals surface area contributed by atoms with Gasteiger partial charge >= 0.3 is 0 Å². The number of anilines is 1. The molecule has 3 rings (SSSR count). The third kappa shape index (κ3) is 2.56. The van der Waals surface area contributed by atoms with E-state index in [2.05, 4.69) is 15.9 Å². The van der Waals surface area contributed by atoms with Crippen molar-refractivity contribution in [2.24, 2.45) is 0 Å². The van der Waals surface area contributed by atoms with Crippen LogP contribution in [0.25, 0.3) is 0 Å². The van der Waals surface area contributed by atoms with Crippen molar-refractivity contribution in [1.82, 2.24) is 4.31 Å². The fourth-order valence-corrected chi connectivity index (χ4v) is 4.15. The summed E-state index contributed by atoms with van der Waals surface area (Å²) in [5.41, 5.74) is 8.04. The topological polar surface area (TPSA) is 63.4 Å². The van der Waals surface area contributed by atoms with Crippen LogP contribution >= 0.6 is 15.9 Å². The molecule has 0 saturated heterocycles. The molecule has 0 atom stereocenters. The van der Waals surface area contributed by atoms with Gasteiger partial charge in [-0.1, -0.05) is 22.0 Å². The van der Waals surface area contributed by atoms with E-state index in [4.69, 9.17) is 5.73 Å². The predicted molar refractivity (Wildman–Crippen MR) is 81.4 cm³/mol. The number of rotatable bonds is 2. The molecule has 0 amide bonds. The van der Waals surface area contributed by atoms with Crippen LogP contribution in [0.2, 0.25) is 0 Å². The number of hydrogen-bond acceptors (Lipinski definition) is 3. The minimum absolute atomic E-state index is 0.207. The lowest BCUT2D eigenvalue weighted by Crippen LogP contribution is -2.26. The molecule has 110 valence electrons. The van der Waals surface area contributed by atoms with Crippen LogP contribution in [-0.2, 0) is 23.1 Å². The highest BCUT2D eigenvalue weighted by Gasteiger charge is 2.32. The fourth-order valence-electron chi connectivity index (χ4n) is 2.38. The van der Waals surface area contributed by atoms with Crippen molar-refractivity contribution < 1.29 is 12.8 Å². The summed E-state index contributed by atoms with van der Waals surface area (Å²) in [6.45, 7) is 0.436. The molecular weight excluding hydrogens is 359 g/mol. The third-order valence-electron chi connectivity index (χ3n) is 3.44. The van der Waals surface area contributed by atoms with Crippen LogP contribution in [0.5, 0.6) is 0 Å². The maximum Gasteiger partial charge on any atom is 0.246 e. The Hall–Kier alpha value is -1.44. The van der Waals surface area contributed by atoms with E-state index in [-0.39, 0.29) is 18.0 Å². The van der Waals surface area contributed by atoms with E-state index in [0.29, 0.717) is 10.2 Å². The molecule has 4 nitrogen and oxygen atoms in total. The second-order valence-corrected chi connectivity index (χ2v) is 7.70. The Morgan fingerprint density at radius 1 is 1.10 bits per heavy atom. The van der Waals surface area contributed by atoms with Gasteiger partial charge in [0.25, 0.3) is 0 Å². The van der Waals surface area contributed by atoms with E-state index in [0.717, 1.165) is 17.2 Å². The van der Waals surface area contributed by atoms with Gasteiger partial charge in [-0.2, -0.15) is 4.31 Å². The lowest BCUT2D eigenvalue weighted by Gasteiger charge is -2.16. The maximum absolute atomic E-state index is 13.9. The molecule has 1 heterocycles. The van der Waals surface area contributed by atoms with Crippen LogP contribution in [0.3, 0.4) is 0 Å². The number of sulfonamides is 1. The van der Waals surface area contributed by atoms with Crippen molar-refractivity contribution in [1.29, 1.82) is 0 Å². The van der Waals surface area contributed by atoms with E-state index in [1.54, 1.807) is 18.2 Å². The fraction of sp³-hybridized carbons (Fsp3) is 0.143. The highest BCUT2D eigenvalue weighted by atomic mass is 79.9. The van der Waals surface area contributed by atoms with E-state index < -0.39 is 15.8 Å². The van der Waals surface area contributed by atoms with Crippen LogP contribution in [0.4, 0.5) is 10.1 Å². The molecule has 2 N–H and O–H groups in total. The van der Waals surface area contributed by atoms with Gasteiger partial charge in [-0.05, 0) is 41.5 Å². The lowest BCUT2D eigenvalue weighted by atomic mass is 10.1. The number of benzene rings is 2. The van der Waals surface area contributed by atoms with Gasteiger partial charge in [0.1, 0.15) is 10.7 Å². The van der Waals surface area contributed by atoms with E-state index in [1.165, 1.54) is 16.4 Å². The molecule has 0 fully saturated rings. The predicted octanol–water partition coefficient (Wildman–Crippen LogP) is 2.87. The van der Waals surface area contributed by atoms with Crippen LogP contribution in [0, 0.1) is 5.82 Å². The summed E-state index contributed by atoms with van der Waals surface area (Å²) in [6, 6.07) is 9.22. The highest BCUT2D eigenvalue weighted by Crippen LogP contribution is 2.31. The second kappa shape index (κ2) is 5.08. The molecule has 0 bridgehead atoms. The zero-order valence-corrected chi connectivity index (χ0v) is 13.3. The van der Waals surface area contributed by atoms with Crippen LogP contribution < -0.4 is 5.73 Å². The Morgan fingerprint density at radius 3 is 2.52 bits per heavy atom. The van der Waals surface area contributed by atoms with Gasteiger partial charge in [-0.3, -0.25) is 0 Å². The zero-order valence-electron chi connectivity index (χ0n) is 10.9. The average Bonchev–Trinajstić information content (AvgIpc) is 2.81. The Morgan fingerprint density at radius 2 is 1.81 bits per heavy atom. The summed E-state index contributed by atoms with van der Waals surface area (Å²) in [5.74, 6) is -0.764. The molecule has 0 spiro atoms. The second-order valence-electron chi connectivity index (χ2n) is 4.88. The van der Waals surface area contributed by atoms with Gasteiger partial charge < -0.3 is 5.73 Å². The lowest BCUT2D eigenvalue weighted by molar-refractivity contribution is 0.427. The molecule has 0 aromatic heterocycles. The first-order chi connectivity index (χ1) is 9.88. The number of fused-ring (bicyclic) bond motifs is 1. The first kappa shape index (κ1) is 14.5. The molecule has 21 heavy (non-hydrogen) atoms. The number of nitrogens with zero attached hydrogens (tertiary/aromatic N) is 1. The van der Waals surface area contributed by atoms with Crippen molar-refractivity contribution in [3.63, 3.8) is 0 Å². The van der Waals surface area contributed by atoms with Crippen molar-refractivity contribution in [3.8, 4) is 0 Å². The summed E-state index contributed by atoms with van der Waals surface area (Å²) in [6.07, 6.45) is 0. The summed E-state index contributed by atoms with van der Waals surface area (Å²) in [7, 11) is -3.87. The Kier molecular flexibility index (Phi) is 3.51. The number of hydrogen-bond donors (Lipinski definition) is 1. The van der Waals surface area contributed by atoms with Gasteiger partial charge in [-0.15, -0.1) is 0 Å². The number of nitrogen functional groups attached to an aromatic ring is 1.